The van der Waals surface area contributed by atoms with Crippen LogP contribution in [0.2, 0.25) is 0 Å². The number of carbonyl (C=O) groups excluding carboxylic acids is 1. The molecule has 1 heterocycles. The highest BCUT2D eigenvalue weighted by Gasteiger charge is 2.52. The van der Waals surface area contributed by atoms with Gasteiger partial charge in [0.2, 0.25) is 5.91 Å². The second-order valence-corrected chi connectivity index (χ2v) is 6.10. The van der Waals surface area contributed by atoms with E-state index in [1.54, 1.807) is 11.9 Å². The molecule has 112 valence electrons. The normalized spacial score (nSPS) is 27.0. The first-order valence-electron chi connectivity index (χ1n) is 7.34. The molecular formula is C16H20N2O3. The van der Waals surface area contributed by atoms with Crippen LogP contribution in [0.4, 0.5) is 10.5 Å². The number of hydrogen-bond acceptors (Lipinski definition) is 2. The second-order valence-electron chi connectivity index (χ2n) is 6.10. The SMILES string of the molecule is Cc1cccc(N(C)C(=O)[C@@H]2[C@H]3CC[C@H](C3)N2C(=O)O)c1. The molecule has 1 saturated heterocycles. The Morgan fingerprint density at radius 3 is 2.76 bits per heavy atom. The van der Waals surface area contributed by atoms with Crippen LogP contribution in [0.25, 0.3) is 0 Å². The number of hydrogen-bond donors (Lipinski definition) is 1. The molecule has 3 rings (SSSR count). The summed E-state index contributed by atoms with van der Waals surface area (Å²) in [6.07, 6.45) is 1.68. The summed E-state index contributed by atoms with van der Waals surface area (Å²) in [5, 5.41) is 9.41. The Labute approximate surface area is 124 Å². The molecule has 0 aromatic heterocycles. The number of piperidine rings is 1. The fourth-order valence-corrected chi connectivity index (χ4v) is 3.74. The third-order valence-electron chi connectivity index (χ3n) is 4.78. The van der Waals surface area contributed by atoms with Crippen molar-refractivity contribution in [1.29, 1.82) is 0 Å². The van der Waals surface area contributed by atoms with E-state index in [4.69, 9.17) is 0 Å². The van der Waals surface area contributed by atoms with Crippen LogP contribution in [0.5, 0.6) is 0 Å². The summed E-state index contributed by atoms with van der Waals surface area (Å²) in [6, 6.07) is 7.20. The van der Waals surface area contributed by atoms with Crippen molar-refractivity contribution in [3.05, 3.63) is 29.8 Å². The van der Waals surface area contributed by atoms with Gasteiger partial charge in [-0.15, -0.1) is 0 Å². The zero-order valence-electron chi connectivity index (χ0n) is 12.3. The summed E-state index contributed by atoms with van der Waals surface area (Å²) < 4.78 is 0. The van der Waals surface area contributed by atoms with E-state index in [0.29, 0.717) is 0 Å². The van der Waals surface area contributed by atoms with Gasteiger partial charge in [-0.25, -0.2) is 4.79 Å². The molecule has 2 fully saturated rings. The molecule has 2 aliphatic rings. The Bertz CT molecular complexity index is 587. The number of carboxylic acid groups (broad SMARTS) is 1. The summed E-state index contributed by atoms with van der Waals surface area (Å²) >= 11 is 0. The highest BCUT2D eigenvalue weighted by Crippen LogP contribution is 2.43. The maximum Gasteiger partial charge on any atom is 0.408 e. The topological polar surface area (TPSA) is 60.9 Å². The highest BCUT2D eigenvalue weighted by molar-refractivity contribution is 5.99. The lowest BCUT2D eigenvalue weighted by Crippen LogP contribution is -2.52. The molecule has 0 spiro atoms. The molecule has 2 bridgehead atoms. The fraction of sp³-hybridized carbons (Fsp3) is 0.500. The summed E-state index contributed by atoms with van der Waals surface area (Å²) in [4.78, 5) is 27.2. The first-order valence-corrected chi connectivity index (χ1v) is 7.34. The second kappa shape index (κ2) is 5.06. The van der Waals surface area contributed by atoms with Crippen LogP contribution in [0.1, 0.15) is 24.8 Å². The standard InChI is InChI=1S/C16H20N2O3/c1-10-4-3-5-12(8-10)17(2)15(19)14-11-6-7-13(9-11)18(14)16(20)21/h3-5,8,11,13-14H,6-7,9H2,1-2H3,(H,20,21)/t11-,13+,14-/m0/s1. The number of aryl methyl sites for hydroxylation is 1. The van der Waals surface area contributed by atoms with E-state index in [-0.39, 0.29) is 17.9 Å². The van der Waals surface area contributed by atoms with E-state index >= 15 is 0 Å². The average Bonchev–Trinajstić information content (AvgIpc) is 3.06. The lowest BCUT2D eigenvalue weighted by molar-refractivity contribution is -0.124. The van der Waals surface area contributed by atoms with Gasteiger partial charge in [0.1, 0.15) is 6.04 Å². The Balaban J connectivity index is 1.85. The summed E-state index contributed by atoms with van der Waals surface area (Å²) in [5.74, 6) is 0.0565. The minimum atomic E-state index is -0.974. The Kier molecular flexibility index (Phi) is 3.35. The van der Waals surface area contributed by atoms with Gasteiger partial charge in [0.25, 0.3) is 0 Å². The van der Waals surface area contributed by atoms with Gasteiger partial charge in [0, 0.05) is 18.8 Å². The van der Waals surface area contributed by atoms with Gasteiger partial charge in [-0.05, 0) is 49.8 Å². The molecule has 0 unspecified atom stereocenters. The van der Waals surface area contributed by atoms with Crippen LogP contribution in [0.3, 0.4) is 0 Å². The van der Waals surface area contributed by atoms with Gasteiger partial charge in [0.05, 0.1) is 0 Å². The quantitative estimate of drug-likeness (QED) is 0.909. The lowest BCUT2D eigenvalue weighted by atomic mass is 9.97. The summed E-state index contributed by atoms with van der Waals surface area (Å²) in [7, 11) is 1.73. The highest BCUT2D eigenvalue weighted by atomic mass is 16.4. The van der Waals surface area contributed by atoms with Crippen LogP contribution >= 0.6 is 0 Å². The molecule has 21 heavy (non-hydrogen) atoms. The van der Waals surface area contributed by atoms with Crippen LogP contribution in [0.15, 0.2) is 24.3 Å². The molecule has 1 aromatic rings. The van der Waals surface area contributed by atoms with Crippen molar-refractivity contribution in [3.8, 4) is 0 Å². The van der Waals surface area contributed by atoms with Crippen molar-refractivity contribution in [2.75, 3.05) is 11.9 Å². The van der Waals surface area contributed by atoms with E-state index in [0.717, 1.165) is 30.5 Å². The number of likely N-dealkylation sites (N-methyl/N-ethyl adjacent to an activating group) is 1. The van der Waals surface area contributed by atoms with Crippen LogP contribution in [-0.4, -0.2) is 41.1 Å². The molecule has 0 radical (unpaired) electrons. The van der Waals surface area contributed by atoms with Gasteiger partial charge in [0.15, 0.2) is 0 Å². The van der Waals surface area contributed by atoms with E-state index in [2.05, 4.69) is 0 Å². The number of benzene rings is 1. The van der Waals surface area contributed by atoms with Crippen molar-refractivity contribution >= 4 is 17.7 Å². The molecule has 1 N–H and O–H groups in total. The smallest absolute Gasteiger partial charge is 0.408 e. The lowest BCUT2D eigenvalue weighted by Gasteiger charge is -2.34. The zero-order chi connectivity index (χ0) is 15.1. The van der Waals surface area contributed by atoms with Crippen LogP contribution < -0.4 is 4.90 Å². The largest absolute Gasteiger partial charge is 0.465 e. The molecular weight excluding hydrogens is 268 g/mol. The number of fused-ring (bicyclic) bond motifs is 2. The van der Waals surface area contributed by atoms with Crippen molar-refractivity contribution in [2.24, 2.45) is 5.92 Å². The number of rotatable bonds is 2. The van der Waals surface area contributed by atoms with Crippen LogP contribution in [-0.2, 0) is 4.79 Å². The van der Waals surface area contributed by atoms with E-state index in [1.807, 2.05) is 31.2 Å². The first-order chi connectivity index (χ1) is 9.99. The van der Waals surface area contributed by atoms with E-state index < -0.39 is 12.1 Å². The third-order valence-corrected chi connectivity index (χ3v) is 4.78. The van der Waals surface area contributed by atoms with Crippen molar-refractivity contribution in [2.45, 2.75) is 38.3 Å². The molecule has 3 atom stereocenters. The maximum absolute atomic E-state index is 12.8. The molecule has 5 nitrogen and oxygen atoms in total. The van der Waals surface area contributed by atoms with Gasteiger partial charge in [-0.2, -0.15) is 0 Å². The fourth-order valence-electron chi connectivity index (χ4n) is 3.74. The van der Waals surface area contributed by atoms with Crippen molar-refractivity contribution in [1.82, 2.24) is 4.90 Å². The summed E-state index contributed by atoms with van der Waals surface area (Å²) in [5.41, 5.74) is 1.89. The minimum Gasteiger partial charge on any atom is -0.465 e. The minimum absolute atomic E-state index is 0.0207. The predicted octanol–water partition coefficient (Wildman–Crippen LogP) is 2.49. The number of carbonyl (C=O) groups is 2. The van der Waals surface area contributed by atoms with E-state index in [9.17, 15) is 14.7 Å². The molecule has 5 heteroatoms. The van der Waals surface area contributed by atoms with Gasteiger partial charge in [-0.1, -0.05) is 12.1 Å². The summed E-state index contributed by atoms with van der Waals surface area (Å²) in [6.45, 7) is 1.98. The number of amides is 2. The van der Waals surface area contributed by atoms with Crippen molar-refractivity contribution < 1.29 is 14.7 Å². The van der Waals surface area contributed by atoms with Crippen LogP contribution in [0, 0.1) is 12.8 Å². The first kappa shape index (κ1) is 13.9. The number of anilines is 1. The van der Waals surface area contributed by atoms with Gasteiger partial charge >= 0.3 is 6.09 Å². The Hall–Kier alpha value is -2.04. The zero-order valence-corrected chi connectivity index (χ0v) is 12.3. The van der Waals surface area contributed by atoms with Gasteiger partial charge < -0.3 is 10.0 Å². The molecule has 1 saturated carbocycles. The Morgan fingerprint density at radius 1 is 1.33 bits per heavy atom. The van der Waals surface area contributed by atoms with Gasteiger partial charge in [-0.3, -0.25) is 9.69 Å². The molecule has 1 aliphatic carbocycles. The molecule has 1 aliphatic heterocycles. The van der Waals surface area contributed by atoms with E-state index in [1.165, 1.54) is 4.90 Å². The van der Waals surface area contributed by atoms with Crippen molar-refractivity contribution in [3.63, 3.8) is 0 Å². The average molecular weight is 288 g/mol. The Morgan fingerprint density at radius 2 is 2.10 bits per heavy atom. The third kappa shape index (κ3) is 2.26. The molecule has 2 amide bonds. The molecule has 1 aromatic carbocycles. The monoisotopic (exact) mass is 288 g/mol. The number of likely N-dealkylation sites (tertiary alicyclic amines) is 1. The number of nitrogens with zero attached hydrogens (tertiary/aromatic N) is 2. The predicted molar refractivity (Wildman–Crippen MR) is 79.4 cm³/mol. The maximum atomic E-state index is 12.8.